The van der Waals surface area contributed by atoms with E-state index in [9.17, 15) is 23.7 Å². The smallest absolute Gasteiger partial charge is 0.285 e. The third-order valence-electron chi connectivity index (χ3n) is 3.96. The lowest BCUT2D eigenvalue weighted by Crippen LogP contribution is -2.28. The Kier molecular flexibility index (Phi) is 7.61. The first-order chi connectivity index (χ1) is 15.6. The van der Waals surface area contributed by atoms with Gasteiger partial charge in [0.05, 0.1) is 19.9 Å². The minimum Gasteiger partial charge on any atom is -0.454 e. The van der Waals surface area contributed by atoms with Gasteiger partial charge in [-0.25, -0.2) is 5.48 Å². The molecule has 3 N–H and O–H groups in total. The van der Waals surface area contributed by atoms with Crippen LogP contribution in [0.4, 0.5) is 11.4 Å². The number of ether oxygens (including phenoxy) is 1. The summed E-state index contributed by atoms with van der Waals surface area (Å²) < 4.78 is 34.4. The van der Waals surface area contributed by atoms with Crippen molar-refractivity contribution in [1.29, 1.82) is 0 Å². The quantitative estimate of drug-likeness (QED) is 0.164. The van der Waals surface area contributed by atoms with Gasteiger partial charge < -0.3 is 10.1 Å². The molecule has 3 aromatic carbocycles. The molecule has 0 radical (unpaired) electrons. The van der Waals surface area contributed by atoms with E-state index >= 15 is 0 Å². The van der Waals surface area contributed by atoms with Gasteiger partial charge in [-0.1, -0.05) is 34.8 Å². The minimum atomic E-state index is -4.37. The highest BCUT2D eigenvalue weighted by molar-refractivity contribution is 7.90. The van der Waals surface area contributed by atoms with E-state index in [4.69, 9.17) is 39.5 Å². The lowest BCUT2D eigenvalue weighted by molar-refractivity contribution is -0.384. The van der Waals surface area contributed by atoms with Crippen LogP contribution < -0.4 is 15.5 Å². The summed E-state index contributed by atoms with van der Waals surface area (Å²) in [5.74, 6) is -0.359. The van der Waals surface area contributed by atoms with Crippen molar-refractivity contribution in [2.24, 2.45) is 4.40 Å². The lowest BCUT2D eigenvalue weighted by Gasteiger charge is -2.12. The fourth-order valence-electron chi connectivity index (χ4n) is 2.45. The van der Waals surface area contributed by atoms with Crippen LogP contribution in [0, 0.1) is 10.1 Å². The second kappa shape index (κ2) is 10.2. The molecule has 3 rings (SSSR count). The standard InChI is InChI=1S/C19H13Cl3N4O6S/c20-11-1-3-12(4-2-11)23-19(24-27)25-33(30,31)15-9-16(21)18(17(22)10-15)32-14-7-5-13(6-8-14)26(28)29/h1-10,27H,(H2,23,24,25). The number of guanidine groups is 1. The van der Waals surface area contributed by atoms with Gasteiger partial charge in [0.25, 0.3) is 15.7 Å². The van der Waals surface area contributed by atoms with Crippen LogP contribution in [0.25, 0.3) is 0 Å². The molecule has 33 heavy (non-hydrogen) atoms. The fourth-order valence-corrected chi connectivity index (χ4v) is 4.24. The first kappa shape index (κ1) is 24.6. The Morgan fingerprint density at radius 2 is 1.58 bits per heavy atom. The van der Waals surface area contributed by atoms with Crippen molar-refractivity contribution in [2.75, 3.05) is 5.32 Å². The number of non-ortho nitro benzene ring substituents is 1. The third kappa shape index (κ3) is 6.24. The predicted molar refractivity (Wildman–Crippen MR) is 124 cm³/mol. The summed E-state index contributed by atoms with van der Waals surface area (Å²) in [6, 6.07) is 13.4. The Morgan fingerprint density at radius 3 is 2.09 bits per heavy atom. The van der Waals surface area contributed by atoms with E-state index in [0.717, 1.165) is 12.1 Å². The van der Waals surface area contributed by atoms with Crippen LogP contribution >= 0.6 is 34.8 Å². The largest absolute Gasteiger partial charge is 0.454 e. The number of nitrogens with zero attached hydrogens (tertiary/aromatic N) is 2. The molecule has 0 fully saturated rings. The Morgan fingerprint density at radius 1 is 1.00 bits per heavy atom. The van der Waals surface area contributed by atoms with Crippen molar-refractivity contribution < 1.29 is 23.3 Å². The molecule has 0 aliphatic carbocycles. The number of anilines is 1. The van der Waals surface area contributed by atoms with Crippen LogP contribution in [0.5, 0.6) is 11.5 Å². The van der Waals surface area contributed by atoms with E-state index in [2.05, 4.69) is 9.71 Å². The Balaban J connectivity index is 1.86. The van der Waals surface area contributed by atoms with Crippen molar-refractivity contribution in [2.45, 2.75) is 4.90 Å². The van der Waals surface area contributed by atoms with E-state index in [-0.39, 0.29) is 32.1 Å². The van der Waals surface area contributed by atoms with E-state index in [0.29, 0.717) is 10.7 Å². The van der Waals surface area contributed by atoms with E-state index < -0.39 is 20.9 Å². The zero-order chi connectivity index (χ0) is 24.2. The van der Waals surface area contributed by atoms with Gasteiger partial charge in [0.1, 0.15) is 5.75 Å². The summed E-state index contributed by atoms with van der Waals surface area (Å²) in [4.78, 5) is 9.81. The molecule has 3 aromatic rings. The van der Waals surface area contributed by atoms with Gasteiger partial charge in [0.15, 0.2) is 5.75 Å². The number of nitro benzene ring substituents is 1. The maximum atomic E-state index is 12.7. The van der Waals surface area contributed by atoms with Gasteiger partial charge in [0.2, 0.25) is 5.96 Å². The minimum absolute atomic E-state index is 0.0603. The highest BCUT2D eigenvalue weighted by Crippen LogP contribution is 2.39. The first-order valence-corrected chi connectivity index (χ1v) is 11.4. The molecule has 0 aliphatic heterocycles. The summed E-state index contributed by atoms with van der Waals surface area (Å²) in [7, 11) is -4.37. The van der Waals surface area contributed by atoms with Crippen LogP contribution in [0.15, 0.2) is 70.0 Å². The summed E-state index contributed by atoms with van der Waals surface area (Å²) in [5.41, 5.74) is 1.93. The molecule has 14 heteroatoms. The summed E-state index contributed by atoms with van der Waals surface area (Å²) >= 11 is 18.1. The lowest BCUT2D eigenvalue weighted by atomic mass is 10.3. The SMILES string of the molecule is O=[N+]([O-])c1ccc(Oc2c(Cl)cc(S(=O)(=O)N=C(NO)Nc3ccc(Cl)cc3)cc2Cl)cc1. The van der Waals surface area contributed by atoms with Crippen LogP contribution in [-0.2, 0) is 10.0 Å². The number of hydrogen-bond donors (Lipinski definition) is 3. The third-order valence-corrected chi connectivity index (χ3v) is 6.03. The molecule has 172 valence electrons. The molecule has 0 unspecified atom stereocenters. The summed E-state index contributed by atoms with van der Waals surface area (Å²) in [6.07, 6.45) is 0. The number of rotatable bonds is 6. The molecular formula is C19H13Cl3N4O6S. The predicted octanol–water partition coefficient (Wildman–Crippen LogP) is 5.48. The van der Waals surface area contributed by atoms with Gasteiger partial charge >= 0.3 is 0 Å². The molecule has 0 amide bonds. The number of nitrogens with one attached hydrogen (secondary N) is 2. The Bertz CT molecular complexity index is 1290. The average Bonchev–Trinajstić information content (AvgIpc) is 2.77. The van der Waals surface area contributed by atoms with E-state index in [1.807, 2.05) is 0 Å². The number of halogens is 3. The normalized spacial score (nSPS) is 11.7. The zero-order valence-electron chi connectivity index (χ0n) is 16.2. The molecule has 0 saturated heterocycles. The van der Waals surface area contributed by atoms with Gasteiger partial charge in [-0.3, -0.25) is 15.3 Å². The second-order valence-electron chi connectivity index (χ2n) is 6.23. The van der Waals surface area contributed by atoms with Crippen LogP contribution in [0.3, 0.4) is 0 Å². The molecule has 0 bridgehead atoms. The van der Waals surface area contributed by atoms with Crippen LogP contribution in [-0.4, -0.2) is 24.5 Å². The van der Waals surface area contributed by atoms with Crippen molar-refractivity contribution in [3.8, 4) is 11.5 Å². The summed E-state index contributed by atoms with van der Waals surface area (Å²) in [6.45, 7) is 0. The number of benzene rings is 3. The van der Waals surface area contributed by atoms with Gasteiger partial charge in [-0.2, -0.15) is 8.42 Å². The first-order valence-electron chi connectivity index (χ1n) is 8.78. The molecule has 0 atom stereocenters. The van der Waals surface area contributed by atoms with Crippen LogP contribution in [0.1, 0.15) is 0 Å². The number of nitro groups is 1. The molecule has 0 aliphatic rings. The number of sulfonamides is 1. The number of hydrogen-bond acceptors (Lipinski definition) is 6. The van der Waals surface area contributed by atoms with Gasteiger partial charge in [-0.15, -0.1) is 4.40 Å². The van der Waals surface area contributed by atoms with Crippen molar-refractivity contribution in [3.63, 3.8) is 0 Å². The Hall–Kier alpha value is -3.09. The van der Waals surface area contributed by atoms with Crippen molar-refractivity contribution in [3.05, 3.63) is 85.8 Å². The molecule has 10 nitrogen and oxygen atoms in total. The summed E-state index contributed by atoms with van der Waals surface area (Å²) in [5, 5.41) is 22.8. The fraction of sp³-hybridized carbons (Fsp3) is 0. The highest BCUT2D eigenvalue weighted by Gasteiger charge is 2.20. The molecular weight excluding hydrogens is 519 g/mol. The van der Waals surface area contributed by atoms with Gasteiger partial charge in [-0.05, 0) is 48.5 Å². The number of hydroxylamine groups is 1. The maximum absolute atomic E-state index is 12.7. The van der Waals surface area contributed by atoms with E-state index in [1.54, 1.807) is 29.7 Å². The average molecular weight is 532 g/mol. The zero-order valence-corrected chi connectivity index (χ0v) is 19.3. The van der Waals surface area contributed by atoms with Gasteiger partial charge in [0, 0.05) is 22.8 Å². The van der Waals surface area contributed by atoms with Crippen molar-refractivity contribution >= 4 is 62.2 Å². The molecule has 0 heterocycles. The topological polar surface area (TPSA) is 143 Å². The van der Waals surface area contributed by atoms with E-state index in [1.165, 1.54) is 24.3 Å². The monoisotopic (exact) mass is 530 g/mol. The molecule has 0 aromatic heterocycles. The molecule has 0 saturated carbocycles. The maximum Gasteiger partial charge on any atom is 0.285 e. The van der Waals surface area contributed by atoms with Crippen molar-refractivity contribution in [1.82, 2.24) is 5.48 Å². The highest BCUT2D eigenvalue weighted by atomic mass is 35.5. The molecule has 0 spiro atoms. The second-order valence-corrected chi connectivity index (χ2v) is 9.08. The van der Waals surface area contributed by atoms with Crippen LogP contribution in [0.2, 0.25) is 15.1 Å². The Labute approximate surface area is 202 Å².